The van der Waals surface area contributed by atoms with Crippen molar-refractivity contribution >= 4 is 5.57 Å². The fourth-order valence-electron chi connectivity index (χ4n) is 1.57. The van der Waals surface area contributed by atoms with Gasteiger partial charge >= 0.3 is 0 Å². The minimum absolute atomic E-state index is 0.472. The maximum absolute atomic E-state index is 4.07. The molecule has 0 spiro atoms. The highest BCUT2D eigenvalue weighted by Gasteiger charge is 2.08. The van der Waals surface area contributed by atoms with Crippen LogP contribution in [0.5, 0.6) is 0 Å². The number of dihydropyridines is 1. The van der Waals surface area contributed by atoms with Crippen molar-refractivity contribution in [3.05, 3.63) is 48.7 Å². The van der Waals surface area contributed by atoms with Crippen molar-refractivity contribution in [2.24, 2.45) is 0 Å². The molecule has 2 aromatic heterocycles. The molecule has 0 aromatic carbocycles. The quantitative estimate of drug-likeness (QED) is 0.835. The van der Waals surface area contributed by atoms with Gasteiger partial charge < -0.3 is 5.32 Å². The van der Waals surface area contributed by atoms with Gasteiger partial charge in [0, 0.05) is 36.3 Å². The summed E-state index contributed by atoms with van der Waals surface area (Å²) >= 11 is 0. The first-order valence-electron chi connectivity index (χ1n) is 5.52. The lowest BCUT2D eigenvalue weighted by molar-refractivity contribution is 0.840. The van der Waals surface area contributed by atoms with Gasteiger partial charge in [0.05, 0.1) is 0 Å². The zero-order valence-electron chi connectivity index (χ0n) is 9.48. The van der Waals surface area contributed by atoms with Gasteiger partial charge in [-0.1, -0.05) is 12.2 Å². The average Bonchev–Trinajstić information content (AvgIpc) is 2.49. The summed E-state index contributed by atoms with van der Waals surface area (Å²) in [5.74, 6) is 0.978. The van der Waals surface area contributed by atoms with Crippen LogP contribution >= 0.6 is 0 Å². The summed E-state index contributed by atoms with van der Waals surface area (Å²) in [5, 5.41) is 19.3. The molecule has 0 unspecified atom stereocenters. The minimum atomic E-state index is 0.472. The summed E-state index contributed by atoms with van der Waals surface area (Å²) in [4.78, 5) is 4.01. The van der Waals surface area contributed by atoms with Gasteiger partial charge in [0.15, 0.2) is 0 Å². The van der Waals surface area contributed by atoms with Crippen LogP contribution in [0.25, 0.3) is 17.0 Å². The van der Waals surface area contributed by atoms with Crippen LogP contribution < -0.4 is 5.32 Å². The van der Waals surface area contributed by atoms with Crippen LogP contribution in [0.3, 0.4) is 0 Å². The first kappa shape index (κ1) is 10.5. The van der Waals surface area contributed by atoms with E-state index in [4.69, 9.17) is 0 Å². The molecule has 0 aliphatic carbocycles. The van der Waals surface area contributed by atoms with Gasteiger partial charge in [-0.2, -0.15) is 0 Å². The molecule has 3 rings (SSSR count). The van der Waals surface area contributed by atoms with Gasteiger partial charge in [0.25, 0.3) is 0 Å². The molecule has 0 atom stereocenters. The van der Waals surface area contributed by atoms with E-state index < -0.39 is 0 Å². The van der Waals surface area contributed by atoms with Crippen LogP contribution in [0, 0.1) is 0 Å². The number of allylic oxidation sites excluding steroid dienone is 2. The monoisotopic (exact) mass is 238 g/mol. The molecule has 0 saturated carbocycles. The normalized spacial score (nSPS) is 13.9. The average molecular weight is 238 g/mol. The number of nitrogens with one attached hydrogen (secondary N) is 1. The van der Waals surface area contributed by atoms with Crippen LogP contribution in [-0.4, -0.2) is 31.9 Å². The predicted molar refractivity (Wildman–Crippen MR) is 66.0 cm³/mol. The van der Waals surface area contributed by atoms with Crippen LogP contribution in [0.4, 0.5) is 0 Å². The lowest BCUT2D eigenvalue weighted by Gasteiger charge is -2.06. The van der Waals surface area contributed by atoms with E-state index in [-0.39, 0.29) is 0 Å². The van der Waals surface area contributed by atoms with Crippen LogP contribution in [0.2, 0.25) is 0 Å². The standard InChI is InChI=1S/C12H10N6/c1-3-9(7-13-5-1)11-15-17-12(18-16-11)10-4-2-6-14-8-10/h1-5,7-8,14H,6H2. The van der Waals surface area contributed by atoms with Crippen LogP contribution in [0.15, 0.2) is 42.9 Å². The van der Waals surface area contributed by atoms with Crippen molar-refractivity contribution in [3.63, 3.8) is 0 Å². The summed E-state index contributed by atoms with van der Waals surface area (Å²) in [6.07, 6.45) is 9.16. The number of aromatic nitrogens is 5. The molecule has 6 heteroatoms. The van der Waals surface area contributed by atoms with Gasteiger partial charge in [-0.05, 0) is 12.1 Å². The fraction of sp³-hybridized carbons (Fsp3) is 0.0833. The second-order valence-corrected chi connectivity index (χ2v) is 3.70. The highest BCUT2D eigenvalue weighted by Crippen LogP contribution is 2.13. The lowest BCUT2D eigenvalue weighted by Crippen LogP contribution is -2.11. The molecule has 88 valence electrons. The third kappa shape index (κ3) is 2.08. The Hall–Kier alpha value is -2.63. The maximum atomic E-state index is 4.07. The smallest absolute Gasteiger partial charge is 0.205 e. The van der Waals surface area contributed by atoms with E-state index in [0.717, 1.165) is 17.7 Å². The Morgan fingerprint density at radius 3 is 2.56 bits per heavy atom. The van der Waals surface area contributed by atoms with E-state index in [1.165, 1.54) is 0 Å². The Morgan fingerprint density at radius 1 is 1.06 bits per heavy atom. The molecule has 6 nitrogen and oxygen atoms in total. The van der Waals surface area contributed by atoms with Crippen molar-refractivity contribution < 1.29 is 0 Å². The summed E-state index contributed by atoms with van der Waals surface area (Å²) in [5.41, 5.74) is 1.68. The summed E-state index contributed by atoms with van der Waals surface area (Å²) in [6.45, 7) is 0.818. The highest BCUT2D eigenvalue weighted by atomic mass is 15.3. The number of hydrogen-bond acceptors (Lipinski definition) is 6. The molecule has 1 N–H and O–H groups in total. The Kier molecular flexibility index (Phi) is 2.75. The zero-order valence-corrected chi connectivity index (χ0v) is 9.48. The SMILES string of the molecule is C1=CC(c2nnc(-c3cccnc3)nn2)=CNC1. The molecule has 0 bridgehead atoms. The molecule has 18 heavy (non-hydrogen) atoms. The number of nitrogens with zero attached hydrogens (tertiary/aromatic N) is 5. The Bertz CT molecular complexity index is 588. The summed E-state index contributed by atoms with van der Waals surface area (Å²) in [7, 11) is 0. The molecule has 1 aliphatic rings. The van der Waals surface area contributed by atoms with E-state index in [2.05, 4.69) is 30.7 Å². The zero-order chi connectivity index (χ0) is 12.2. The van der Waals surface area contributed by atoms with Crippen molar-refractivity contribution in [2.75, 3.05) is 6.54 Å². The van der Waals surface area contributed by atoms with E-state index in [9.17, 15) is 0 Å². The van der Waals surface area contributed by atoms with Crippen molar-refractivity contribution in [3.8, 4) is 11.4 Å². The topological polar surface area (TPSA) is 76.5 Å². The fourth-order valence-corrected chi connectivity index (χ4v) is 1.57. The second-order valence-electron chi connectivity index (χ2n) is 3.70. The molecular formula is C12H10N6. The van der Waals surface area contributed by atoms with Crippen molar-refractivity contribution in [1.82, 2.24) is 30.7 Å². The first-order valence-corrected chi connectivity index (χ1v) is 5.52. The molecule has 0 amide bonds. The number of pyridine rings is 1. The maximum Gasteiger partial charge on any atom is 0.205 e. The third-order valence-corrected chi connectivity index (χ3v) is 2.45. The summed E-state index contributed by atoms with van der Waals surface area (Å²) < 4.78 is 0. The Balaban J connectivity index is 1.90. The second kappa shape index (κ2) is 4.70. The molecule has 0 saturated heterocycles. The third-order valence-electron chi connectivity index (χ3n) is 2.45. The predicted octanol–water partition coefficient (Wildman–Crippen LogP) is 0.829. The largest absolute Gasteiger partial charge is 0.387 e. The Labute approximate surface area is 104 Å². The van der Waals surface area contributed by atoms with Gasteiger partial charge in [-0.15, -0.1) is 20.4 Å². The number of hydrogen-bond donors (Lipinski definition) is 1. The van der Waals surface area contributed by atoms with E-state index in [1.807, 2.05) is 30.5 Å². The van der Waals surface area contributed by atoms with E-state index in [1.54, 1.807) is 12.4 Å². The van der Waals surface area contributed by atoms with Crippen molar-refractivity contribution in [2.45, 2.75) is 0 Å². The van der Waals surface area contributed by atoms with Gasteiger partial charge in [-0.25, -0.2) is 0 Å². The molecule has 0 fully saturated rings. The minimum Gasteiger partial charge on any atom is -0.387 e. The summed E-state index contributed by atoms with van der Waals surface area (Å²) in [6, 6.07) is 3.69. The molecular weight excluding hydrogens is 228 g/mol. The van der Waals surface area contributed by atoms with E-state index >= 15 is 0 Å². The highest BCUT2D eigenvalue weighted by molar-refractivity contribution is 5.69. The van der Waals surface area contributed by atoms with Gasteiger partial charge in [0.1, 0.15) is 0 Å². The van der Waals surface area contributed by atoms with Crippen LogP contribution in [0.1, 0.15) is 5.82 Å². The number of rotatable bonds is 2. The molecule has 2 aromatic rings. The Morgan fingerprint density at radius 2 is 1.89 bits per heavy atom. The van der Waals surface area contributed by atoms with Gasteiger partial charge in [0.2, 0.25) is 11.6 Å². The van der Waals surface area contributed by atoms with Crippen LogP contribution in [-0.2, 0) is 0 Å². The molecule has 3 heterocycles. The van der Waals surface area contributed by atoms with Crippen molar-refractivity contribution in [1.29, 1.82) is 0 Å². The molecule has 1 aliphatic heterocycles. The van der Waals surface area contributed by atoms with Gasteiger partial charge in [-0.3, -0.25) is 4.98 Å². The van der Waals surface area contributed by atoms with E-state index in [0.29, 0.717) is 11.6 Å². The first-order chi connectivity index (χ1) is 8.93. The molecule has 0 radical (unpaired) electrons. The lowest BCUT2D eigenvalue weighted by atomic mass is 10.2.